The van der Waals surface area contributed by atoms with E-state index in [9.17, 15) is 48.2 Å². The fourth-order valence-electron chi connectivity index (χ4n) is 9.04. The zero-order valence-corrected chi connectivity index (χ0v) is 46.0. The first kappa shape index (κ1) is 62.3. The topological polar surface area (TPSA) is 280 Å². The van der Waals surface area contributed by atoms with Gasteiger partial charge in [0.2, 0.25) is 17.7 Å². The summed E-state index contributed by atoms with van der Waals surface area (Å²) in [5.74, 6) is -3.49. The summed E-state index contributed by atoms with van der Waals surface area (Å²) in [4.78, 5) is 96.1. The number of anilines is 1. The molecule has 1 aliphatic heterocycles. The van der Waals surface area contributed by atoms with Gasteiger partial charge in [0.05, 0.1) is 17.8 Å². The van der Waals surface area contributed by atoms with Crippen molar-refractivity contribution >= 4 is 47.3 Å². The molecule has 22 heteroatoms. The third kappa shape index (κ3) is 19.1. The number of imide groups is 1. The number of nitrogens with one attached hydrogen (secondary N) is 5. The van der Waals surface area contributed by atoms with Crippen molar-refractivity contribution in [1.82, 2.24) is 40.6 Å². The van der Waals surface area contributed by atoms with Crippen LogP contribution < -0.4 is 32.3 Å². The highest BCUT2D eigenvalue weighted by Crippen LogP contribution is 2.41. The van der Waals surface area contributed by atoms with Gasteiger partial charge in [-0.3, -0.25) is 33.8 Å². The van der Waals surface area contributed by atoms with Crippen LogP contribution in [0.3, 0.4) is 0 Å². The van der Waals surface area contributed by atoms with Crippen molar-refractivity contribution < 1.29 is 57.3 Å². The van der Waals surface area contributed by atoms with Gasteiger partial charge in [-0.25, -0.2) is 23.4 Å². The van der Waals surface area contributed by atoms with Gasteiger partial charge in [0.1, 0.15) is 42.4 Å². The number of alkyl carbamates (subject to hydrolysis) is 1. The van der Waals surface area contributed by atoms with Gasteiger partial charge in [0, 0.05) is 68.2 Å². The minimum Gasteiger partial charge on any atom is -0.445 e. The molecule has 0 bridgehead atoms. The average molecular weight is 1100 g/mol. The van der Waals surface area contributed by atoms with E-state index < -0.39 is 77.5 Å². The van der Waals surface area contributed by atoms with Crippen LogP contribution in [0, 0.1) is 23.0 Å². The van der Waals surface area contributed by atoms with Crippen molar-refractivity contribution in [2.24, 2.45) is 17.1 Å². The molecule has 6 atom stereocenters. The number of carbonyl (C=O) groups excluding carboxylic acids is 7. The van der Waals surface area contributed by atoms with Gasteiger partial charge in [0.25, 0.3) is 11.8 Å². The Morgan fingerprint density at radius 1 is 0.810 bits per heavy atom. The molecule has 79 heavy (non-hydrogen) atoms. The molecular weight excluding hydrogens is 1020 g/mol. The lowest BCUT2D eigenvalue weighted by atomic mass is 9.84. The van der Waals surface area contributed by atoms with E-state index in [2.05, 4.69) is 26.6 Å². The van der Waals surface area contributed by atoms with Crippen LogP contribution in [0.1, 0.15) is 116 Å². The first-order chi connectivity index (χ1) is 37.4. The van der Waals surface area contributed by atoms with Crippen molar-refractivity contribution in [2.45, 2.75) is 143 Å². The predicted octanol–water partition coefficient (Wildman–Crippen LogP) is 6.17. The molecule has 1 aromatic heterocycles. The molecule has 4 aromatic rings. The summed E-state index contributed by atoms with van der Waals surface area (Å²) in [6, 6.07) is 15.1. The van der Waals surface area contributed by atoms with Gasteiger partial charge in [-0.2, -0.15) is 0 Å². The second-order valence-corrected chi connectivity index (χ2v) is 21.2. The van der Waals surface area contributed by atoms with E-state index in [1.165, 1.54) is 19.1 Å². The molecule has 3 aromatic carbocycles. The number of nitrogens with two attached hydrogens (primary N) is 1. The van der Waals surface area contributed by atoms with Crippen molar-refractivity contribution in [3.8, 4) is 11.3 Å². The molecule has 0 aliphatic carbocycles. The Morgan fingerprint density at radius 2 is 1.49 bits per heavy atom. The van der Waals surface area contributed by atoms with Gasteiger partial charge in [0.15, 0.2) is 0 Å². The molecule has 0 radical (unpaired) electrons. The fourth-order valence-corrected chi connectivity index (χ4v) is 9.04. The highest BCUT2D eigenvalue weighted by Gasteiger charge is 2.40. The first-order valence-corrected chi connectivity index (χ1v) is 26.6. The van der Waals surface area contributed by atoms with Crippen LogP contribution in [0.25, 0.3) is 11.3 Å². The maximum atomic E-state index is 15.2. The molecule has 1 aliphatic rings. The summed E-state index contributed by atoms with van der Waals surface area (Å²) in [6.07, 6.45) is 3.00. The summed E-state index contributed by atoms with van der Waals surface area (Å²) < 4.78 is 37.1. The number of unbranched alkanes of at least 4 members (excludes halogenated alkanes) is 2. The maximum absolute atomic E-state index is 15.2. The van der Waals surface area contributed by atoms with E-state index in [1.54, 1.807) is 56.1 Å². The summed E-state index contributed by atoms with van der Waals surface area (Å²) >= 11 is 0. The molecule has 8 amide bonds. The van der Waals surface area contributed by atoms with Gasteiger partial charge in [-0.15, -0.1) is 0 Å². The van der Waals surface area contributed by atoms with Crippen LogP contribution in [0.15, 0.2) is 91.1 Å². The Bertz CT molecular complexity index is 2730. The van der Waals surface area contributed by atoms with Gasteiger partial charge in [-0.1, -0.05) is 83.5 Å². The number of ether oxygens (including phenoxy) is 1. The highest BCUT2D eigenvalue weighted by molar-refractivity contribution is 6.12. The van der Waals surface area contributed by atoms with E-state index in [-0.39, 0.29) is 86.8 Å². The summed E-state index contributed by atoms with van der Waals surface area (Å²) in [5, 5.41) is 36.0. The van der Waals surface area contributed by atoms with Gasteiger partial charge in [-0.05, 0) is 98.7 Å². The fraction of sp³-hybridized carbons (Fsp3) is 0.474. The van der Waals surface area contributed by atoms with Gasteiger partial charge >= 0.3 is 12.1 Å². The van der Waals surface area contributed by atoms with Crippen molar-refractivity contribution in [1.29, 1.82) is 0 Å². The molecule has 5 rings (SSSR count). The van der Waals surface area contributed by atoms with E-state index >= 15 is 4.39 Å². The number of amides is 8. The van der Waals surface area contributed by atoms with E-state index in [4.69, 9.17) is 15.5 Å². The van der Waals surface area contributed by atoms with Crippen LogP contribution in [0.5, 0.6) is 0 Å². The molecule has 0 spiro atoms. The van der Waals surface area contributed by atoms with Crippen molar-refractivity contribution in [2.75, 3.05) is 25.0 Å². The third-order valence-corrected chi connectivity index (χ3v) is 13.2. The predicted molar refractivity (Wildman–Crippen MR) is 292 cm³/mol. The molecule has 428 valence electrons. The van der Waals surface area contributed by atoms with Crippen LogP contribution in [0.2, 0.25) is 0 Å². The van der Waals surface area contributed by atoms with Crippen LogP contribution in [0.4, 0.5) is 24.1 Å². The number of benzene rings is 3. The standard InChI is InChI=1S/C57H76F2N10O10/c1-35(2)49(66-46(71)18-12-9-13-29-68-47(72)25-26-48(68)73)53(75)65-44(17-14-28-61-55(60)77)52(74)63-41-22-19-39(20-23-41)34-79-56(78)62-36(3)27-30-69(54(76)37(4)70)50(57(5,6)7)51-64-45(42-31-40(58)21-24-43(42)59)33-67(51)32-38-15-10-8-11-16-38/h8,10-11,15-16,19-26,31,33,35-37,44,49-50,54,70,76H,9,12-14,17-18,27-30,32,34H2,1-7H3,(H,62,78)(H,63,74)(H,65,75)(H,66,71)(H3,60,61,77). The average Bonchev–Trinajstić information content (AvgIpc) is 4.10. The number of rotatable bonds is 29. The van der Waals surface area contributed by atoms with Crippen LogP contribution in [-0.2, 0) is 41.9 Å². The molecule has 0 saturated carbocycles. The number of nitrogens with zero attached hydrogens (tertiary/aromatic N) is 4. The second-order valence-electron chi connectivity index (χ2n) is 21.2. The zero-order chi connectivity index (χ0) is 58.0. The van der Waals surface area contributed by atoms with E-state index in [0.29, 0.717) is 42.9 Å². The number of urea groups is 1. The minimum atomic E-state index is -1.40. The highest BCUT2D eigenvalue weighted by atomic mass is 19.1. The second kappa shape index (κ2) is 29.4. The Balaban J connectivity index is 1.18. The smallest absolute Gasteiger partial charge is 0.407 e. The number of aliphatic hydroxyl groups excluding tert-OH is 2. The monoisotopic (exact) mass is 1100 g/mol. The quantitative estimate of drug-likeness (QED) is 0.0172. The number of aliphatic hydroxyl groups is 2. The summed E-state index contributed by atoms with van der Waals surface area (Å²) in [6.45, 7) is 13.2. The Morgan fingerprint density at radius 3 is 2.13 bits per heavy atom. The molecule has 0 fully saturated rings. The lowest BCUT2D eigenvalue weighted by Crippen LogP contribution is -2.54. The Kier molecular flexibility index (Phi) is 23.2. The maximum Gasteiger partial charge on any atom is 0.407 e. The number of hydrogen-bond acceptors (Lipinski definition) is 12. The Labute approximate surface area is 459 Å². The van der Waals surface area contributed by atoms with Crippen molar-refractivity contribution in [3.05, 3.63) is 120 Å². The number of aromatic nitrogens is 2. The molecule has 6 unspecified atom stereocenters. The molecular formula is C57H76F2N10O10. The SMILES string of the molecule is CC(CCN(C(O)C(C)O)C(c1nc(-c2cc(F)ccc2F)cn1Cc1ccccc1)C(C)(C)C)NC(=O)OCc1ccc(NC(=O)C(CCCNC(N)=O)NC(=O)C(NC(=O)CCCCCN2C(=O)C=CC2=O)C(C)C)cc1. The first-order valence-electron chi connectivity index (χ1n) is 26.6. The van der Waals surface area contributed by atoms with E-state index in [1.807, 2.05) is 55.7 Å². The summed E-state index contributed by atoms with van der Waals surface area (Å²) in [7, 11) is 0. The molecule has 9 N–H and O–H groups in total. The zero-order valence-electron chi connectivity index (χ0n) is 46.0. The number of halogens is 2. The lowest BCUT2D eigenvalue weighted by Gasteiger charge is -2.43. The van der Waals surface area contributed by atoms with Crippen LogP contribution >= 0.6 is 0 Å². The van der Waals surface area contributed by atoms with Gasteiger partial charge < -0.3 is 51.8 Å². The molecule has 2 heterocycles. The van der Waals surface area contributed by atoms with Crippen LogP contribution in [-0.4, -0.2) is 121 Å². The Hall–Kier alpha value is -7.56. The summed E-state index contributed by atoms with van der Waals surface area (Å²) in [5.41, 5.74) is 6.56. The molecule has 20 nitrogen and oxygen atoms in total. The number of carbonyl (C=O) groups is 7. The lowest BCUT2D eigenvalue weighted by molar-refractivity contribution is -0.137. The number of primary amides is 1. The molecule has 0 saturated heterocycles. The largest absolute Gasteiger partial charge is 0.445 e. The minimum absolute atomic E-state index is 0.0332. The van der Waals surface area contributed by atoms with E-state index in [0.717, 1.165) is 28.7 Å². The number of hydrogen-bond donors (Lipinski definition) is 8. The number of imidazole rings is 1. The van der Waals surface area contributed by atoms with Crippen molar-refractivity contribution in [3.63, 3.8) is 0 Å². The third-order valence-electron chi connectivity index (χ3n) is 13.2. The normalized spacial score (nSPS) is 14.8.